The molecule has 0 fully saturated rings. The first kappa shape index (κ1) is 20.9. The first-order valence-electron chi connectivity index (χ1n) is 10.2. The topological polar surface area (TPSA) is 83.0 Å². The molecule has 0 bridgehead atoms. The molecule has 6 heteroatoms. The van der Waals surface area contributed by atoms with E-state index in [2.05, 4.69) is 17.0 Å². The van der Waals surface area contributed by atoms with Crippen molar-refractivity contribution in [3.05, 3.63) is 36.2 Å². The molecule has 0 atom stereocenters. The maximum Gasteiger partial charge on any atom is 0.279 e. The number of hydrogen-bond donors (Lipinski definition) is 1. The second-order valence-corrected chi connectivity index (χ2v) is 6.91. The fourth-order valence-corrected chi connectivity index (χ4v) is 2.98. The van der Waals surface area contributed by atoms with Gasteiger partial charge < -0.3 is 10.5 Å². The summed E-state index contributed by atoms with van der Waals surface area (Å²) in [6.07, 6.45) is 14.4. The molecular weight excluding hydrogens is 340 g/mol. The lowest BCUT2D eigenvalue weighted by Crippen LogP contribution is -2.12. The molecule has 1 aromatic heterocycles. The zero-order chi connectivity index (χ0) is 19.3. The highest BCUT2D eigenvalue weighted by Gasteiger charge is 2.10. The van der Waals surface area contributed by atoms with Gasteiger partial charge in [-0.25, -0.2) is 4.98 Å². The Kier molecular flexibility index (Phi) is 9.38. The minimum absolute atomic E-state index is 0.0831. The molecule has 2 aromatic rings. The highest BCUT2D eigenvalue weighted by Crippen LogP contribution is 2.15. The Morgan fingerprint density at radius 1 is 0.963 bits per heavy atom. The van der Waals surface area contributed by atoms with Gasteiger partial charge in [-0.05, 0) is 30.7 Å². The molecule has 148 valence electrons. The number of hydrogen-bond acceptors (Lipinski definition) is 5. The zero-order valence-corrected chi connectivity index (χ0v) is 16.4. The summed E-state index contributed by atoms with van der Waals surface area (Å²) in [7, 11) is 0. The lowest BCUT2D eigenvalue weighted by atomic mass is 10.1. The van der Waals surface area contributed by atoms with E-state index in [0.717, 1.165) is 16.9 Å². The molecule has 0 saturated heterocycles. The predicted octanol–water partition coefficient (Wildman–Crippen LogP) is 4.85. The highest BCUT2D eigenvalue weighted by molar-refractivity contribution is 5.95. The number of nitrogen functional groups attached to an aromatic ring is 1. The van der Waals surface area contributed by atoms with Crippen LogP contribution in [-0.2, 0) is 0 Å². The van der Waals surface area contributed by atoms with E-state index in [4.69, 9.17) is 10.5 Å². The molecule has 1 heterocycles. The Morgan fingerprint density at radius 2 is 1.56 bits per heavy atom. The molecule has 0 unspecified atom stereocenters. The van der Waals surface area contributed by atoms with Crippen molar-refractivity contribution in [1.29, 1.82) is 0 Å². The summed E-state index contributed by atoms with van der Waals surface area (Å²) < 4.78 is 6.89. The van der Waals surface area contributed by atoms with Crippen LogP contribution >= 0.6 is 0 Å². The van der Waals surface area contributed by atoms with Crippen molar-refractivity contribution in [2.75, 3.05) is 12.3 Å². The van der Waals surface area contributed by atoms with Crippen molar-refractivity contribution in [3.63, 3.8) is 0 Å². The summed E-state index contributed by atoms with van der Waals surface area (Å²) in [6, 6.07) is 7.08. The van der Waals surface area contributed by atoms with E-state index >= 15 is 0 Å². The van der Waals surface area contributed by atoms with Gasteiger partial charge in [0.05, 0.1) is 6.61 Å². The molecule has 0 radical (unpaired) electrons. The zero-order valence-electron chi connectivity index (χ0n) is 16.4. The van der Waals surface area contributed by atoms with E-state index < -0.39 is 0 Å². The third-order valence-electron chi connectivity index (χ3n) is 4.59. The number of nitrogens with two attached hydrogens (primary N) is 1. The van der Waals surface area contributed by atoms with Gasteiger partial charge in [0.25, 0.3) is 5.91 Å². The molecule has 0 aliphatic carbocycles. The Hall–Kier alpha value is -2.37. The summed E-state index contributed by atoms with van der Waals surface area (Å²) in [4.78, 5) is 16.0. The van der Waals surface area contributed by atoms with Crippen molar-refractivity contribution < 1.29 is 9.53 Å². The third kappa shape index (κ3) is 7.81. The molecular formula is C21H32N4O2. The van der Waals surface area contributed by atoms with Gasteiger partial charge in [0, 0.05) is 5.56 Å². The van der Waals surface area contributed by atoms with Crippen molar-refractivity contribution in [2.45, 2.75) is 71.1 Å². The maximum absolute atomic E-state index is 12.2. The largest absolute Gasteiger partial charge is 0.494 e. The molecule has 1 aromatic carbocycles. The van der Waals surface area contributed by atoms with E-state index in [1.54, 1.807) is 12.1 Å². The summed E-state index contributed by atoms with van der Waals surface area (Å²) in [6.45, 7) is 2.97. The molecule has 2 rings (SSSR count). The van der Waals surface area contributed by atoms with Crippen LogP contribution in [0.1, 0.15) is 81.5 Å². The lowest BCUT2D eigenvalue weighted by molar-refractivity contribution is 0.0945. The van der Waals surface area contributed by atoms with Gasteiger partial charge in [-0.15, -0.1) is 5.10 Å². The quantitative estimate of drug-likeness (QED) is 0.508. The van der Waals surface area contributed by atoms with Crippen LogP contribution in [0.5, 0.6) is 5.75 Å². The summed E-state index contributed by atoms with van der Waals surface area (Å²) in [5.74, 6) is 0.598. The standard InChI is InChI=1S/C21H32N4O2/c1-2-3-4-5-6-7-8-9-10-11-16-27-19-14-12-18(13-15-19)20(26)25-17-23-21(22)24-25/h12-15,17H,2-11,16H2,1H3,(H2,22,24). The van der Waals surface area contributed by atoms with Gasteiger partial charge in [0.15, 0.2) is 0 Å². The van der Waals surface area contributed by atoms with Gasteiger partial charge in [0.2, 0.25) is 5.95 Å². The number of aromatic nitrogens is 3. The number of ether oxygens (including phenoxy) is 1. The first-order valence-corrected chi connectivity index (χ1v) is 10.2. The Bertz CT molecular complexity index is 667. The van der Waals surface area contributed by atoms with Gasteiger partial charge >= 0.3 is 0 Å². The SMILES string of the molecule is CCCCCCCCCCCCOc1ccc(C(=O)n2cnc(N)n2)cc1. The molecule has 0 aliphatic rings. The minimum Gasteiger partial charge on any atom is -0.494 e. The monoisotopic (exact) mass is 372 g/mol. The van der Waals surface area contributed by atoms with Crippen LogP contribution in [0.4, 0.5) is 5.95 Å². The second-order valence-electron chi connectivity index (χ2n) is 6.91. The number of unbranched alkanes of at least 4 members (excludes halogenated alkanes) is 9. The van der Waals surface area contributed by atoms with Crippen LogP contribution < -0.4 is 10.5 Å². The minimum atomic E-state index is -0.263. The fraction of sp³-hybridized carbons (Fsp3) is 0.571. The lowest BCUT2D eigenvalue weighted by Gasteiger charge is -2.07. The average molecular weight is 373 g/mol. The van der Waals surface area contributed by atoms with Gasteiger partial charge in [-0.1, -0.05) is 64.7 Å². The summed E-state index contributed by atoms with van der Waals surface area (Å²) in [5.41, 5.74) is 5.95. The van der Waals surface area contributed by atoms with Crippen LogP contribution in [0.2, 0.25) is 0 Å². The number of rotatable bonds is 13. The molecule has 0 saturated carbocycles. The molecule has 2 N–H and O–H groups in total. The van der Waals surface area contributed by atoms with Crippen molar-refractivity contribution in [3.8, 4) is 5.75 Å². The Morgan fingerprint density at radius 3 is 2.11 bits per heavy atom. The summed E-state index contributed by atoms with van der Waals surface area (Å²) >= 11 is 0. The molecule has 0 amide bonds. The maximum atomic E-state index is 12.2. The third-order valence-corrected chi connectivity index (χ3v) is 4.59. The van der Waals surface area contributed by atoms with Crippen LogP contribution in [0.3, 0.4) is 0 Å². The highest BCUT2D eigenvalue weighted by atomic mass is 16.5. The van der Waals surface area contributed by atoms with E-state index in [0.29, 0.717) is 12.2 Å². The number of carbonyl (C=O) groups is 1. The predicted molar refractivity (Wildman–Crippen MR) is 108 cm³/mol. The molecule has 0 aliphatic heterocycles. The van der Waals surface area contributed by atoms with E-state index in [1.807, 2.05) is 12.1 Å². The average Bonchev–Trinajstić information content (AvgIpc) is 3.12. The van der Waals surface area contributed by atoms with E-state index in [9.17, 15) is 4.79 Å². The van der Waals surface area contributed by atoms with E-state index in [-0.39, 0.29) is 11.9 Å². The van der Waals surface area contributed by atoms with Gasteiger partial charge in [0.1, 0.15) is 12.1 Å². The van der Waals surface area contributed by atoms with Crippen LogP contribution in [0.25, 0.3) is 0 Å². The van der Waals surface area contributed by atoms with Crippen molar-refractivity contribution in [1.82, 2.24) is 14.8 Å². The van der Waals surface area contributed by atoms with Gasteiger partial charge in [-0.3, -0.25) is 4.79 Å². The number of nitrogens with zero attached hydrogens (tertiary/aromatic N) is 3. The number of benzene rings is 1. The fourth-order valence-electron chi connectivity index (χ4n) is 2.98. The first-order chi connectivity index (χ1) is 13.2. The van der Waals surface area contributed by atoms with Crippen LogP contribution in [0, 0.1) is 0 Å². The smallest absolute Gasteiger partial charge is 0.279 e. The van der Waals surface area contributed by atoms with Crippen molar-refractivity contribution >= 4 is 11.9 Å². The Labute approximate surface area is 162 Å². The van der Waals surface area contributed by atoms with Crippen LogP contribution in [-0.4, -0.2) is 27.3 Å². The van der Waals surface area contributed by atoms with Gasteiger partial charge in [-0.2, -0.15) is 4.68 Å². The van der Waals surface area contributed by atoms with Crippen LogP contribution in [0.15, 0.2) is 30.6 Å². The second kappa shape index (κ2) is 12.1. The molecule has 0 spiro atoms. The number of carbonyl (C=O) groups excluding carboxylic acids is 1. The molecule has 6 nitrogen and oxygen atoms in total. The molecule has 27 heavy (non-hydrogen) atoms. The van der Waals surface area contributed by atoms with Crippen molar-refractivity contribution in [2.24, 2.45) is 0 Å². The Balaban J connectivity index is 1.56. The normalized spacial score (nSPS) is 10.9. The number of anilines is 1. The summed E-state index contributed by atoms with van der Waals surface area (Å²) in [5, 5.41) is 3.82. The van der Waals surface area contributed by atoms with E-state index in [1.165, 1.54) is 64.1 Å².